The zero-order valence-corrected chi connectivity index (χ0v) is 12.6. The van der Waals surface area contributed by atoms with Gasteiger partial charge in [-0.2, -0.15) is 0 Å². The molecular formula is C18H16N2O3. The number of carbonyl (C=O) groups is 1. The van der Waals surface area contributed by atoms with E-state index in [1.54, 1.807) is 24.3 Å². The number of carbonyl (C=O) groups excluding carboxylic acids is 1. The Labute approximate surface area is 133 Å². The molecule has 3 rings (SSSR count). The molecule has 0 spiro atoms. The van der Waals surface area contributed by atoms with Gasteiger partial charge in [0.2, 0.25) is 5.89 Å². The second-order valence-corrected chi connectivity index (χ2v) is 4.97. The Morgan fingerprint density at radius 2 is 1.78 bits per heavy atom. The number of aromatic hydroxyl groups is 1. The van der Waals surface area contributed by atoms with Crippen molar-refractivity contribution in [1.82, 2.24) is 10.3 Å². The lowest BCUT2D eigenvalue weighted by Gasteiger charge is -2.01. The van der Waals surface area contributed by atoms with Gasteiger partial charge >= 0.3 is 0 Å². The minimum absolute atomic E-state index is 0.160. The van der Waals surface area contributed by atoms with Gasteiger partial charge in [0, 0.05) is 17.7 Å². The number of phenols is 1. The van der Waals surface area contributed by atoms with E-state index < -0.39 is 0 Å². The lowest BCUT2D eigenvalue weighted by Crippen LogP contribution is -2.23. The third-order valence-electron chi connectivity index (χ3n) is 3.33. The van der Waals surface area contributed by atoms with Crippen LogP contribution in [0.25, 0.3) is 22.8 Å². The molecule has 1 heterocycles. The van der Waals surface area contributed by atoms with Crippen molar-refractivity contribution in [3.05, 3.63) is 60.3 Å². The van der Waals surface area contributed by atoms with E-state index in [-0.39, 0.29) is 17.4 Å². The van der Waals surface area contributed by atoms with E-state index >= 15 is 0 Å². The van der Waals surface area contributed by atoms with Gasteiger partial charge in [-0.05, 0) is 31.2 Å². The molecule has 0 saturated carbocycles. The number of aromatic nitrogens is 1. The largest absolute Gasteiger partial charge is 0.508 e. The molecule has 23 heavy (non-hydrogen) atoms. The first kappa shape index (κ1) is 14.8. The van der Waals surface area contributed by atoms with E-state index in [1.807, 2.05) is 37.3 Å². The van der Waals surface area contributed by atoms with Crippen molar-refractivity contribution in [2.45, 2.75) is 6.92 Å². The predicted molar refractivity (Wildman–Crippen MR) is 87.0 cm³/mol. The van der Waals surface area contributed by atoms with E-state index in [2.05, 4.69) is 10.3 Å². The van der Waals surface area contributed by atoms with Crippen LogP contribution in [-0.2, 0) is 0 Å². The molecule has 0 aliphatic heterocycles. The van der Waals surface area contributed by atoms with Crippen molar-refractivity contribution in [3.63, 3.8) is 0 Å². The summed E-state index contributed by atoms with van der Waals surface area (Å²) in [6.45, 7) is 2.36. The van der Waals surface area contributed by atoms with Crippen LogP contribution in [0.3, 0.4) is 0 Å². The summed E-state index contributed by atoms with van der Waals surface area (Å²) in [6.07, 6.45) is 0. The van der Waals surface area contributed by atoms with Crippen molar-refractivity contribution >= 4 is 5.91 Å². The van der Waals surface area contributed by atoms with Gasteiger partial charge < -0.3 is 14.8 Å². The lowest BCUT2D eigenvalue weighted by atomic mass is 10.1. The summed E-state index contributed by atoms with van der Waals surface area (Å²) in [7, 11) is 0. The molecule has 0 aliphatic rings. The summed E-state index contributed by atoms with van der Waals surface area (Å²) >= 11 is 0. The number of hydrogen-bond acceptors (Lipinski definition) is 4. The van der Waals surface area contributed by atoms with Gasteiger partial charge in [-0.1, -0.05) is 30.3 Å². The fourth-order valence-corrected chi connectivity index (χ4v) is 2.23. The van der Waals surface area contributed by atoms with Crippen molar-refractivity contribution in [3.8, 4) is 28.5 Å². The van der Waals surface area contributed by atoms with Crippen LogP contribution < -0.4 is 5.32 Å². The quantitative estimate of drug-likeness (QED) is 0.774. The molecule has 3 aromatic rings. The molecule has 1 aromatic heterocycles. The number of nitrogens with one attached hydrogen (secondary N) is 1. The number of benzene rings is 2. The van der Waals surface area contributed by atoms with E-state index in [9.17, 15) is 9.90 Å². The van der Waals surface area contributed by atoms with Gasteiger partial charge in [0.1, 0.15) is 5.75 Å². The lowest BCUT2D eigenvalue weighted by molar-refractivity contribution is 0.0951. The molecule has 2 N–H and O–H groups in total. The predicted octanol–water partition coefficient (Wildman–Crippen LogP) is 3.46. The summed E-state index contributed by atoms with van der Waals surface area (Å²) in [5, 5.41) is 12.1. The highest BCUT2D eigenvalue weighted by molar-refractivity contribution is 5.98. The number of amides is 1. The Morgan fingerprint density at radius 1 is 1.09 bits per heavy atom. The number of oxazole rings is 1. The Bertz CT molecular complexity index is 808. The summed E-state index contributed by atoms with van der Waals surface area (Å²) in [6, 6.07) is 15.9. The molecule has 2 aromatic carbocycles. The first-order valence-electron chi connectivity index (χ1n) is 7.33. The maximum Gasteiger partial charge on any atom is 0.273 e. The topological polar surface area (TPSA) is 75.4 Å². The van der Waals surface area contributed by atoms with Gasteiger partial charge in [0.05, 0.1) is 0 Å². The van der Waals surface area contributed by atoms with Crippen molar-refractivity contribution in [1.29, 1.82) is 0 Å². The molecule has 5 heteroatoms. The smallest absolute Gasteiger partial charge is 0.273 e. The van der Waals surface area contributed by atoms with Crippen LogP contribution in [0.15, 0.2) is 59.0 Å². The third kappa shape index (κ3) is 3.08. The van der Waals surface area contributed by atoms with E-state index in [1.165, 1.54) is 0 Å². The van der Waals surface area contributed by atoms with Crippen LogP contribution >= 0.6 is 0 Å². The first-order chi connectivity index (χ1) is 11.2. The molecule has 0 bridgehead atoms. The van der Waals surface area contributed by atoms with E-state index in [4.69, 9.17) is 4.42 Å². The average molecular weight is 308 g/mol. The molecule has 5 nitrogen and oxygen atoms in total. The van der Waals surface area contributed by atoms with E-state index in [0.717, 1.165) is 5.56 Å². The van der Waals surface area contributed by atoms with Crippen molar-refractivity contribution in [2.75, 3.05) is 6.54 Å². The first-order valence-corrected chi connectivity index (χ1v) is 7.33. The van der Waals surface area contributed by atoms with Crippen molar-refractivity contribution < 1.29 is 14.3 Å². The van der Waals surface area contributed by atoms with Crippen molar-refractivity contribution in [2.24, 2.45) is 0 Å². The second-order valence-electron chi connectivity index (χ2n) is 4.97. The zero-order chi connectivity index (χ0) is 16.2. The summed E-state index contributed by atoms with van der Waals surface area (Å²) < 4.78 is 5.84. The Balaban J connectivity index is 2.10. The fraction of sp³-hybridized carbons (Fsp3) is 0.111. The highest BCUT2D eigenvalue weighted by Gasteiger charge is 2.21. The van der Waals surface area contributed by atoms with Crippen LogP contribution in [0.5, 0.6) is 5.75 Å². The van der Waals surface area contributed by atoms with Crippen LogP contribution in [0.4, 0.5) is 0 Å². The van der Waals surface area contributed by atoms with Crippen LogP contribution in [0, 0.1) is 0 Å². The molecule has 1 amide bonds. The minimum Gasteiger partial charge on any atom is -0.508 e. The molecular weight excluding hydrogens is 292 g/mol. The van der Waals surface area contributed by atoms with E-state index in [0.29, 0.717) is 23.8 Å². The number of hydrogen-bond donors (Lipinski definition) is 2. The molecule has 0 saturated heterocycles. The third-order valence-corrected chi connectivity index (χ3v) is 3.33. The maximum absolute atomic E-state index is 12.3. The summed E-state index contributed by atoms with van der Waals surface area (Å²) in [5.74, 6) is 0.650. The Hall–Kier alpha value is -3.08. The van der Waals surface area contributed by atoms with Gasteiger partial charge in [0.15, 0.2) is 11.5 Å². The number of nitrogens with zero attached hydrogens (tertiary/aromatic N) is 1. The standard InChI is InChI=1S/C18H16N2O3/c1-2-19-17(22)15-16(12-6-4-3-5-7-12)23-18(20-15)13-8-10-14(21)11-9-13/h3-11,21H,2H2,1H3,(H,19,22). The molecule has 0 radical (unpaired) electrons. The second kappa shape index (κ2) is 6.36. The summed E-state index contributed by atoms with van der Waals surface area (Å²) in [4.78, 5) is 16.6. The SMILES string of the molecule is CCNC(=O)c1nc(-c2ccc(O)cc2)oc1-c1ccccc1. The van der Waals surface area contributed by atoms with Crippen LogP contribution in [0.1, 0.15) is 17.4 Å². The Morgan fingerprint density at radius 3 is 2.43 bits per heavy atom. The molecule has 0 aliphatic carbocycles. The molecule has 0 unspecified atom stereocenters. The molecule has 0 atom stereocenters. The van der Waals surface area contributed by atoms with Crippen LogP contribution in [0.2, 0.25) is 0 Å². The van der Waals surface area contributed by atoms with Gasteiger partial charge in [-0.25, -0.2) is 4.98 Å². The van der Waals surface area contributed by atoms with Gasteiger partial charge in [-0.15, -0.1) is 0 Å². The minimum atomic E-state index is -0.278. The van der Waals surface area contributed by atoms with Gasteiger partial charge in [-0.3, -0.25) is 4.79 Å². The summed E-state index contributed by atoms with van der Waals surface area (Å²) in [5.41, 5.74) is 1.72. The Kier molecular flexibility index (Phi) is 4.10. The normalized spacial score (nSPS) is 10.5. The fourth-order valence-electron chi connectivity index (χ4n) is 2.23. The highest BCUT2D eigenvalue weighted by atomic mass is 16.4. The average Bonchev–Trinajstić information content (AvgIpc) is 3.02. The maximum atomic E-state index is 12.3. The molecule has 116 valence electrons. The molecule has 0 fully saturated rings. The number of rotatable bonds is 4. The van der Waals surface area contributed by atoms with Gasteiger partial charge in [0.25, 0.3) is 5.91 Å². The highest BCUT2D eigenvalue weighted by Crippen LogP contribution is 2.30. The number of phenolic OH excluding ortho intramolecular Hbond substituents is 1. The monoisotopic (exact) mass is 308 g/mol. The van der Waals surface area contributed by atoms with Crippen LogP contribution in [-0.4, -0.2) is 22.5 Å². The zero-order valence-electron chi connectivity index (χ0n) is 12.6.